The van der Waals surface area contributed by atoms with Crippen molar-refractivity contribution < 1.29 is 4.79 Å². The van der Waals surface area contributed by atoms with Crippen molar-refractivity contribution in [1.29, 1.82) is 5.26 Å². The second-order valence-corrected chi connectivity index (χ2v) is 9.81. The number of nitrogens with zero attached hydrogens (tertiary/aromatic N) is 3. The third kappa shape index (κ3) is 8.84. The fourth-order valence-electron chi connectivity index (χ4n) is 3.54. The molecule has 2 aromatic rings. The quantitative estimate of drug-likeness (QED) is 0.241. The number of unbranched alkanes of at least 4 members (excludes halogenated alkanes) is 6. The van der Waals surface area contributed by atoms with E-state index in [1.807, 2.05) is 29.6 Å². The number of hydrogen-bond donors (Lipinski definition) is 0. The SMILES string of the molecule is CCCCCCN(CCCCCC)CC(=O)C(C#N)c1nc(-c2ccc(Br)cc2)cs1. The summed E-state index contributed by atoms with van der Waals surface area (Å²) >= 11 is 4.84. The van der Waals surface area contributed by atoms with Crippen LogP contribution in [0.5, 0.6) is 0 Å². The summed E-state index contributed by atoms with van der Waals surface area (Å²) in [6.45, 7) is 6.61. The molecule has 6 heteroatoms. The van der Waals surface area contributed by atoms with Crippen LogP contribution in [0, 0.1) is 11.3 Å². The molecule has 0 saturated heterocycles. The summed E-state index contributed by atoms with van der Waals surface area (Å²) in [6.07, 6.45) is 9.48. The predicted octanol–water partition coefficient (Wildman–Crippen LogP) is 7.21. The average molecular weight is 505 g/mol. The van der Waals surface area contributed by atoms with Crippen molar-refractivity contribution in [3.8, 4) is 17.3 Å². The van der Waals surface area contributed by atoms with E-state index in [1.165, 1.54) is 49.9 Å². The maximum Gasteiger partial charge on any atom is 0.170 e. The lowest BCUT2D eigenvalue weighted by atomic mass is 10.1. The Balaban J connectivity index is 2.02. The molecule has 0 N–H and O–H groups in total. The molecule has 168 valence electrons. The number of aromatic nitrogens is 1. The smallest absolute Gasteiger partial charge is 0.170 e. The van der Waals surface area contributed by atoms with E-state index >= 15 is 0 Å². The first-order valence-corrected chi connectivity index (χ1v) is 13.1. The summed E-state index contributed by atoms with van der Waals surface area (Å²) in [5.41, 5.74) is 1.81. The monoisotopic (exact) mass is 503 g/mol. The van der Waals surface area contributed by atoms with Gasteiger partial charge in [0.2, 0.25) is 0 Å². The second kappa shape index (κ2) is 14.5. The zero-order chi connectivity index (χ0) is 22.5. The van der Waals surface area contributed by atoms with Gasteiger partial charge in [0.1, 0.15) is 5.01 Å². The van der Waals surface area contributed by atoms with Crippen LogP contribution in [0.15, 0.2) is 34.1 Å². The van der Waals surface area contributed by atoms with Gasteiger partial charge < -0.3 is 0 Å². The van der Waals surface area contributed by atoms with Gasteiger partial charge in [0.25, 0.3) is 0 Å². The summed E-state index contributed by atoms with van der Waals surface area (Å²) in [5.74, 6) is -0.826. The topological polar surface area (TPSA) is 57.0 Å². The van der Waals surface area contributed by atoms with E-state index in [0.717, 1.165) is 41.7 Å². The zero-order valence-electron chi connectivity index (χ0n) is 18.8. The van der Waals surface area contributed by atoms with Crippen LogP contribution in [0.4, 0.5) is 0 Å². The molecule has 31 heavy (non-hydrogen) atoms. The van der Waals surface area contributed by atoms with E-state index < -0.39 is 5.92 Å². The van der Waals surface area contributed by atoms with Gasteiger partial charge in [-0.1, -0.05) is 80.4 Å². The highest BCUT2D eigenvalue weighted by Crippen LogP contribution is 2.28. The average Bonchev–Trinajstić information content (AvgIpc) is 3.24. The van der Waals surface area contributed by atoms with Gasteiger partial charge in [0.15, 0.2) is 11.7 Å². The van der Waals surface area contributed by atoms with Gasteiger partial charge >= 0.3 is 0 Å². The van der Waals surface area contributed by atoms with Crippen LogP contribution in [-0.2, 0) is 4.79 Å². The third-order valence-corrected chi connectivity index (χ3v) is 6.83. The van der Waals surface area contributed by atoms with E-state index in [0.29, 0.717) is 11.6 Å². The van der Waals surface area contributed by atoms with Gasteiger partial charge in [0, 0.05) is 15.4 Å². The maximum atomic E-state index is 13.0. The predicted molar refractivity (Wildman–Crippen MR) is 133 cm³/mol. The van der Waals surface area contributed by atoms with Gasteiger partial charge in [-0.05, 0) is 38.1 Å². The molecular formula is C25H34BrN3OS. The van der Waals surface area contributed by atoms with Crippen LogP contribution in [-0.4, -0.2) is 35.3 Å². The van der Waals surface area contributed by atoms with Crippen LogP contribution < -0.4 is 0 Å². The van der Waals surface area contributed by atoms with Gasteiger partial charge in [0.05, 0.1) is 18.3 Å². The number of nitriles is 1. The van der Waals surface area contributed by atoms with Crippen LogP contribution in [0.25, 0.3) is 11.3 Å². The van der Waals surface area contributed by atoms with Gasteiger partial charge in [-0.25, -0.2) is 4.98 Å². The molecule has 0 amide bonds. The molecule has 0 aliphatic heterocycles. The summed E-state index contributed by atoms with van der Waals surface area (Å²) in [6, 6.07) is 10.1. The highest BCUT2D eigenvalue weighted by atomic mass is 79.9. The van der Waals surface area contributed by atoms with Crippen molar-refractivity contribution in [1.82, 2.24) is 9.88 Å². The second-order valence-electron chi connectivity index (χ2n) is 8.00. The fourth-order valence-corrected chi connectivity index (χ4v) is 4.70. The number of ketones is 1. The summed E-state index contributed by atoms with van der Waals surface area (Å²) in [5, 5.41) is 12.3. The van der Waals surface area contributed by atoms with Gasteiger partial charge in [-0.3, -0.25) is 9.69 Å². The molecule has 1 heterocycles. The molecule has 0 saturated carbocycles. The Morgan fingerprint density at radius 1 is 1.06 bits per heavy atom. The Hall–Kier alpha value is -1.55. The lowest BCUT2D eigenvalue weighted by Crippen LogP contribution is -2.34. The summed E-state index contributed by atoms with van der Waals surface area (Å²) in [4.78, 5) is 19.9. The van der Waals surface area contributed by atoms with Crippen molar-refractivity contribution in [2.24, 2.45) is 0 Å². The summed E-state index contributed by atoms with van der Waals surface area (Å²) < 4.78 is 1.01. The Kier molecular flexibility index (Phi) is 12.0. The lowest BCUT2D eigenvalue weighted by molar-refractivity contribution is -0.120. The Bertz CT molecular complexity index is 816. The van der Waals surface area contributed by atoms with E-state index in [-0.39, 0.29) is 5.78 Å². The molecule has 0 radical (unpaired) electrons. The van der Waals surface area contributed by atoms with E-state index in [1.54, 1.807) is 0 Å². The standard InChI is InChI=1S/C25H34BrN3OS/c1-3-5-7-9-15-29(16-10-8-6-4-2)18-24(30)22(17-27)25-28-23(19-31-25)20-11-13-21(26)14-12-20/h11-14,19,22H,3-10,15-16,18H2,1-2H3. The Labute approximate surface area is 199 Å². The zero-order valence-corrected chi connectivity index (χ0v) is 21.2. The van der Waals surface area contributed by atoms with E-state index in [9.17, 15) is 10.1 Å². The van der Waals surface area contributed by atoms with Crippen LogP contribution in [0.1, 0.15) is 76.1 Å². The molecule has 0 fully saturated rings. The lowest BCUT2D eigenvalue weighted by Gasteiger charge is -2.22. The molecule has 4 nitrogen and oxygen atoms in total. The number of Topliss-reactive ketones (excluding diaryl/α,β-unsaturated/α-hetero) is 1. The molecular weight excluding hydrogens is 470 g/mol. The van der Waals surface area contributed by atoms with Crippen molar-refractivity contribution in [3.05, 3.63) is 39.1 Å². The van der Waals surface area contributed by atoms with Crippen LogP contribution in [0.3, 0.4) is 0 Å². The van der Waals surface area contributed by atoms with Crippen molar-refractivity contribution >= 4 is 33.0 Å². The molecule has 1 atom stereocenters. The van der Waals surface area contributed by atoms with Crippen molar-refractivity contribution in [3.63, 3.8) is 0 Å². The fraction of sp³-hybridized carbons (Fsp3) is 0.560. The highest BCUT2D eigenvalue weighted by Gasteiger charge is 2.25. The molecule has 2 rings (SSSR count). The number of thiazole rings is 1. The largest absolute Gasteiger partial charge is 0.296 e. The number of carbonyl (C=O) groups is 1. The molecule has 1 aromatic heterocycles. The van der Waals surface area contributed by atoms with Crippen molar-refractivity contribution in [2.45, 2.75) is 71.1 Å². The van der Waals surface area contributed by atoms with Gasteiger partial charge in [-0.2, -0.15) is 5.26 Å². The Morgan fingerprint density at radius 3 is 2.23 bits per heavy atom. The minimum Gasteiger partial charge on any atom is -0.296 e. The van der Waals surface area contributed by atoms with Crippen molar-refractivity contribution in [2.75, 3.05) is 19.6 Å². The first-order chi connectivity index (χ1) is 15.1. The van der Waals surface area contributed by atoms with E-state index in [2.05, 4.69) is 45.7 Å². The summed E-state index contributed by atoms with van der Waals surface area (Å²) in [7, 11) is 0. The molecule has 0 bridgehead atoms. The Morgan fingerprint density at radius 2 is 1.68 bits per heavy atom. The number of hydrogen-bond acceptors (Lipinski definition) is 5. The number of halogens is 1. The van der Waals surface area contributed by atoms with Crippen LogP contribution in [0.2, 0.25) is 0 Å². The number of benzene rings is 1. The molecule has 1 unspecified atom stereocenters. The minimum absolute atomic E-state index is 0.0369. The molecule has 0 spiro atoms. The number of carbonyl (C=O) groups excluding carboxylic acids is 1. The van der Waals surface area contributed by atoms with Crippen LogP contribution >= 0.6 is 27.3 Å². The van der Waals surface area contributed by atoms with Gasteiger partial charge in [-0.15, -0.1) is 11.3 Å². The first-order valence-electron chi connectivity index (χ1n) is 11.4. The molecule has 0 aliphatic carbocycles. The molecule has 0 aliphatic rings. The first kappa shape index (κ1) is 25.7. The maximum absolute atomic E-state index is 13.0. The van der Waals surface area contributed by atoms with E-state index in [4.69, 9.17) is 0 Å². The third-order valence-electron chi connectivity index (χ3n) is 5.40. The highest BCUT2D eigenvalue weighted by molar-refractivity contribution is 9.10. The normalized spacial score (nSPS) is 12.1. The molecule has 1 aromatic carbocycles. The number of rotatable bonds is 15. The minimum atomic E-state index is -0.789.